The highest BCUT2D eigenvalue weighted by atomic mass is 15.1. The van der Waals surface area contributed by atoms with E-state index < -0.39 is 0 Å². The molecule has 0 amide bonds. The summed E-state index contributed by atoms with van der Waals surface area (Å²) in [6.07, 6.45) is 1.39. The Kier molecular flexibility index (Phi) is 3.42. The van der Waals surface area contributed by atoms with E-state index in [0.717, 1.165) is 11.8 Å². The second-order valence-corrected chi connectivity index (χ2v) is 4.50. The van der Waals surface area contributed by atoms with E-state index in [9.17, 15) is 0 Å². The third-order valence-electron chi connectivity index (χ3n) is 3.54. The van der Waals surface area contributed by atoms with Crippen molar-refractivity contribution in [2.24, 2.45) is 5.92 Å². The molecule has 0 aliphatic heterocycles. The van der Waals surface area contributed by atoms with Crippen molar-refractivity contribution in [3.63, 3.8) is 0 Å². The summed E-state index contributed by atoms with van der Waals surface area (Å²) in [5.74, 6) is 1.75. The molecule has 0 N–H and O–H groups in total. The topological polar surface area (TPSA) is 3.24 Å². The zero-order chi connectivity index (χ0) is 10.7. The second kappa shape index (κ2) is 4.80. The minimum atomic E-state index is 0.840. The van der Waals surface area contributed by atoms with Gasteiger partial charge >= 0.3 is 0 Å². The molecule has 1 aromatic rings. The Bertz CT molecular complexity index is 289. The molecular weight excluding hydrogens is 182 g/mol. The summed E-state index contributed by atoms with van der Waals surface area (Å²) in [4.78, 5) is 2.54. The predicted octanol–water partition coefficient (Wildman–Crippen LogP) is 3.13. The van der Waals surface area contributed by atoms with E-state index in [4.69, 9.17) is 0 Å². The third kappa shape index (κ3) is 2.60. The maximum absolute atomic E-state index is 2.54. The van der Waals surface area contributed by atoms with Crippen molar-refractivity contribution in [1.82, 2.24) is 4.90 Å². The van der Waals surface area contributed by atoms with E-state index in [1.165, 1.54) is 31.6 Å². The molecule has 0 radical (unpaired) electrons. The first-order valence-corrected chi connectivity index (χ1v) is 6.12. The first-order valence-electron chi connectivity index (χ1n) is 6.12. The van der Waals surface area contributed by atoms with Gasteiger partial charge in [-0.25, -0.2) is 0 Å². The van der Waals surface area contributed by atoms with E-state index in [1.807, 2.05) is 0 Å². The second-order valence-electron chi connectivity index (χ2n) is 4.50. The van der Waals surface area contributed by atoms with E-state index in [2.05, 4.69) is 49.1 Å². The highest BCUT2D eigenvalue weighted by Gasteiger charge is 2.38. The zero-order valence-electron chi connectivity index (χ0n) is 9.82. The van der Waals surface area contributed by atoms with Gasteiger partial charge in [0, 0.05) is 6.54 Å². The number of hydrogen-bond acceptors (Lipinski definition) is 1. The summed E-state index contributed by atoms with van der Waals surface area (Å²) >= 11 is 0. The van der Waals surface area contributed by atoms with Crippen LogP contribution in [0.3, 0.4) is 0 Å². The summed E-state index contributed by atoms with van der Waals surface area (Å²) in [6, 6.07) is 11.0. The Balaban J connectivity index is 1.86. The van der Waals surface area contributed by atoms with Gasteiger partial charge in [0.05, 0.1) is 0 Å². The van der Waals surface area contributed by atoms with Crippen LogP contribution in [0.5, 0.6) is 0 Å². The summed E-state index contributed by atoms with van der Waals surface area (Å²) in [6.45, 7) is 8.17. The lowest BCUT2D eigenvalue weighted by Gasteiger charge is -2.17. The van der Waals surface area contributed by atoms with Gasteiger partial charge in [0.1, 0.15) is 0 Å². The molecule has 1 aliphatic carbocycles. The van der Waals surface area contributed by atoms with Gasteiger partial charge < -0.3 is 4.90 Å². The summed E-state index contributed by atoms with van der Waals surface area (Å²) < 4.78 is 0. The SMILES string of the molecule is CCN(CC)C[C@@H]1C[C@H]1c1ccccc1. The van der Waals surface area contributed by atoms with E-state index in [1.54, 1.807) is 0 Å². The Labute approximate surface area is 93.1 Å². The molecule has 0 saturated heterocycles. The number of nitrogens with zero attached hydrogens (tertiary/aromatic N) is 1. The fourth-order valence-corrected chi connectivity index (χ4v) is 2.37. The lowest BCUT2D eigenvalue weighted by molar-refractivity contribution is 0.289. The largest absolute Gasteiger partial charge is 0.304 e. The van der Waals surface area contributed by atoms with Crippen molar-refractivity contribution >= 4 is 0 Å². The van der Waals surface area contributed by atoms with Gasteiger partial charge in [0.15, 0.2) is 0 Å². The van der Waals surface area contributed by atoms with Gasteiger partial charge in [-0.2, -0.15) is 0 Å². The highest BCUT2D eigenvalue weighted by molar-refractivity contribution is 5.25. The fourth-order valence-electron chi connectivity index (χ4n) is 2.37. The lowest BCUT2D eigenvalue weighted by atomic mass is 10.1. The maximum atomic E-state index is 2.54. The minimum Gasteiger partial charge on any atom is -0.304 e. The van der Waals surface area contributed by atoms with Crippen molar-refractivity contribution in [1.29, 1.82) is 0 Å². The van der Waals surface area contributed by atoms with Gasteiger partial charge in [-0.3, -0.25) is 0 Å². The highest BCUT2D eigenvalue weighted by Crippen LogP contribution is 2.47. The Morgan fingerprint density at radius 2 is 1.80 bits per heavy atom. The molecule has 1 aliphatic rings. The zero-order valence-corrected chi connectivity index (χ0v) is 9.82. The van der Waals surface area contributed by atoms with Gasteiger partial charge in [-0.05, 0) is 36.9 Å². The van der Waals surface area contributed by atoms with Crippen LogP contribution in [0.1, 0.15) is 31.7 Å². The molecule has 0 heterocycles. The summed E-state index contributed by atoms with van der Waals surface area (Å²) in [5.41, 5.74) is 1.54. The van der Waals surface area contributed by atoms with Crippen molar-refractivity contribution in [3.8, 4) is 0 Å². The van der Waals surface area contributed by atoms with Crippen molar-refractivity contribution in [2.75, 3.05) is 19.6 Å². The lowest BCUT2D eigenvalue weighted by Crippen LogP contribution is -2.25. The van der Waals surface area contributed by atoms with Crippen molar-refractivity contribution < 1.29 is 0 Å². The molecule has 0 aromatic heterocycles. The summed E-state index contributed by atoms with van der Waals surface area (Å²) in [5, 5.41) is 0. The van der Waals surface area contributed by atoms with Crippen LogP contribution in [-0.4, -0.2) is 24.5 Å². The third-order valence-corrected chi connectivity index (χ3v) is 3.54. The maximum Gasteiger partial charge on any atom is 0.00155 e. The number of hydrogen-bond donors (Lipinski definition) is 0. The van der Waals surface area contributed by atoms with E-state index in [0.29, 0.717) is 0 Å². The van der Waals surface area contributed by atoms with Crippen LogP contribution >= 0.6 is 0 Å². The smallest absolute Gasteiger partial charge is 0.00155 e. The van der Waals surface area contributed by atoms with E-state index >= 15 is 0 Å². The quantitative estimate of drug-likeness (QED) is 0.710. The molecular formula is C14H21N. The average molecular weight is 203 g/mol. The molecule has 1 heteroatoms. The van der Waals surface area contributed by atoms with Crippen LogP contribution < -0.4 is 0 Å². The fraction of sp³-hybridized carbons (Fsp3) is 0.571. The molecule has 15 heavy (non-hydrogen) atoms. The van der Waals surface area contributed by atoms with Crippen LogP contribution in [0.25, 0.3) is 0 Å². The van der Waals surface area contributed by atoms with Crippen molar-refractivity contribution in [2.45, 2.75) is 26.2 Å². The molecule has 1 saturated carbocycles. The number of benzene rings is 1. The van der Waals surface area contributed by atoms with Crippen LogP contribution in [0.4, 0.5) is 0 Å². The average Bonchev–Trinajstić information content (AvgIpc) is 3.06. The first kappa shape index (κ1) is 10.7. The van der Waals surface area contributed by atoms with E-state index in [-0.39, 0.29) is 0 Å². The van der Waals surface area contributed by atoms with Gasteiger partial charge in [-0.15, -0.1) is 0 Å². The Morgan fingerprint density at radius 3 is 2.40 bits per heavy atom. The molecule has 2 atom stereocenters. The normalized spacial score (nSPS) is 24.5. The van der Waals surface area contributed by atoms with Gasteiger partial charge in [0.2, 0.25) is 0 Å². The summed E-state index contributed by atoms with van der Waals surface area (Å²) in [7, 11) is 0. The molecule has 0 spiro atoms. The molecule has 2 rings (SSSR count). The van der Waals surface area contributed by atoms with Crippen LogP contribution in [0.15, 0.2) is 30.3 Å². The first-order chi connectivity index (χ1) is 7.35. The number of rotatable bonds is 5. The Morgan fingerprint density at radius 1 is 1.13 bits per heavy atom. The predicted molar refractivity (Wildman–Crippen MR) is 65.1 cm³/mol. The Hall–Kier alpha value is -0.820. The van der Waals surface area contributed by atoms with Gasteiger partial charge in [0.25, 0.3) is 0 Å². The minimum absolute atomic E-state index is 0.840. The molecule has 82 valence electrons. The van der Waals surface area contributed by atoms with Gasteiger partial charge in [-0.1, -0.05) is 44.2 Å². The van der Waals surface area contributed by atoms with Crippen LogP contribution in [-0.2, 0) is 0 Å². The molecule has 0 unspecified atom stereocenters. The monoisotopic (exact) mass is 203 g/mol. The standard InChI is InChI=1S/C14H21N/c1-3-15(4-2)11-13-10-14(13)12-8-6-5-7-9-12/h5-9,13-14H,3-4,10-11H2,1-2H3/t13-,14-/m0/s1. The van der Waals surface area contributed by atoms with Crippen LogP contribution in [0, 0.1) is 5.92 Å². The van der Waals surface area contributed by atoms with Crippen LogP contribution in [0.2, 0.25) is 0 Å². The molecule has 1 fully saturated rings. The van der Waals surface area contributed by atoms with Crippen molar-refractivity contribution in [3.05, 3.63) is 35.9 Å². The molecule has 1 aromatic carbocycles. The molecule has 1 nitrogen and oxygen atoms in total. The molecule has 0 bridgehead atoms.